The Morgan fingerprint density at radius 2 is 2.07 bits per heavy atom. The molecule has 0 aliphatic carbocycles. The van der Waals surface area contributed by atoms with Gasteiger partial charge in [0.15, 0.2) is 0 Å². The van der Waals surface area contributed by atoms with Gasteiger partial charge in [-0.05, 0) is 12.5 Å². The largest absolute Gasteiger partial charge is 0.350 e. The second-order valence-electron chi connectivity index (χ2n) is 3.14. The van der Waals surface area contributed by atoms with Crippen LogP contribution in [0.25, 0.3) is 0 Å². The van der Waals surface area contributed by atoms with Crippen LogP contribution in [0.2, 0.25) is 0 Å². The Morgan fingerprint density at radius 3 is 2.64 bits per heavy atom. The van der Waals surface area contributed by atoms with E-state index in [1.54, 1.807) is 0 Å². The van der Waals surface area contributed by atoms with Crippen molar-refractivity contribution in [3.05, 3.63) is 35.9 Å². The van der Waals surface area contributed by atoms with E-state index in [4.69, 9.17) is 11.6 Å². The topological polar surface area (TPSA) is 29.1 Å². The molecule has 0 spiro atoms. The summed E-state index contributed by atoms with van der Waals surface area (Å²) in [6.07, 6.45) is 0.374. The fourth-order valence-electron chi connectivity index (χ4n) is 1.22. The van der Waals surface area contributed by atoms with E-state index in [0.717, 1.165) is 5.56 Å². The Kier molecular flexibility index (Phi) is 4.47. The molecule has 0 aromatic heterocycles. The third kappa shape index (κ3) is 3.38. The van der Waals surface area contributed by atoms with Gasteiger partial charge in [0.05, 0.1) is 6.04 Å². The summed E-state index contributed by atoms with van der Waals surface area (Å²) in [6, 6.07) is 9.90. The first-order valence-electron chi connectivity index (χ1n) is 4.64. The molecule has 1 rings (SSSR count). The van der Waals surface area contributed by atoms with E-state index in [9.17, 15) is 4.79 Å². The average Bonchev–Trinajstić information content (AvgIpc) is 2.19. The van der Waals surface area contributed by atoms with Gasteiger partial charge in [0.1, 0.15) is 0 Å². The Labute approximate surface area is 89.3 Å². The van der Waals surface area contributed by atoms with Crippen molar-refractivity contribution in [3.8, 4) is 0 Å². The molecule has 1 amide bonds. The summed E-state index contributed by atoms with van der Waals surface area (Å²) in [4.78, 5) is 11.2. The van der Waals surface area contributed by atoms with Crippen LogP contribution in [0.1, 0.15) is 24.9 Å². The maximum absolute atomic E-state index is 11.2. The maximum atomic E-state index is 11.2. The smallest absolute Gasteiger partial charge is 0.221 e. The SMILES string of the molecule is CC(NC(=O)CCCl)c1ccccc1. The molecule has 1 aromatic carbocycles. The molecule has 14 heavy (non-hydrogen) atoms. The molecule has 0 aliphatic heterocycles. The minimum atomic E-state index is -0.00338. The Balaban J connectivity index is 2.50. The lowest BCUT2D eigenvalue weighted by Gasteiger charge is -2.13. The van der Waals surface area contributed by atoms with Gasteiger partial charge < -0.3 is 5.32 Å². The van der Waals surface area contributed by atoms with Crippen molar-refractivity contribution in [2.45, 2.75) is 19.4 Å². The first kappa shape index (κ1) is 11.1. The number of alkyl halides is 1. The first-order valence-corrected chi connectivity index (χ1v) is 5.17. The van der Waals surface area contributed by atoms with E-state index >= 15 is 0 Å². The number of nitrogens with one attached hydrogen (secondary N) is 1. The summed E-state index contributed by atoms with van der Waals surface area (Å²) in [5.74, 6) is 0.365. The molecule has 3 heteroatoms. The molecule has 1 aromatic rings. The standard InChI is InChI=1S/C11H14ClNO/c1-9(13-11(14)7-8-12)10-5-3-2-4-6-10/h2-6,9H,7-8H2,1H3,(H,13,14). The van der Waals surface area contributed by atoms with Crippen molar-refractivity contribution in [1.82, 2.24) is 5.32 Å². The van der Waals surface area contributed by atoms with E-state index in [0.29, 0.717) is 12.3 Å². The third-order valence-electron chi connectivity index (χ3n) is 2.00. The van der Waals surface area contributed by atoms with Gasteiger partial charge in [-0.15, -0.1) is 11.6 Å². The van der Waals surface area contributed by atoms with Crippen molar-refractivity contribution in [3.63, 3.8) is 0 Å². The first-order chi connectivity index (χ1) is 6.74. The molecule has 0 saturated carbocycles. The van der Waals surface area contributed by atoms with Crippen molar-refractivity contribution in [1.29, 1.82) is 0 Å². The number of carbonyl (C=O) groups excluding carboxylic acids is 1. The van der Waals surface area contributed by atoms with Gasteiger partial charge in [-0.1, -0.05) is 30.3 Å². The zero-order valence-electron chi connectivity index (χ0n) is 8.16. The van der Waals surface area contributed by atoms with Crippen LogP contribution in [0.5, 0.6) is 0 Å². The van der Waals surface area contributed by atoms with E-state index < -0.39 is 0 Å². The molecule has 0 heterocycles. The lowest BCUT2D eigenvalue weighted by atomic mass is 10.1. The van der Waals surface area contributed by atoms with Crippen LogP contribution in [-0.2, 0) is 4.79 Å². The fourth-order valence-corrected chi connectivity index (χ4v) is 1.40. The van der Waals surface area contributed by atoms with E-state index in [1.807, 2.05) is 37.3 Å². The zero-order chi connectivity index (χ0) is 10.4. The van der Waals surface area contributed by atoms with Gasteiger partial charge >= 0.3 is 0 Å². The molecule has 1 atom stereocenters. The predicted molar refractivity (Wildman–Crippen MR) is 58.3 cm³/mol. The summed E-state index contributed by atoms with van der Waals surface area (Å²) in [6.45, 7) is 1.96. The summed E-state index contributed by atoms with van der Waals surface area (Å²) in [5.41, 5.74) is 1.11. The van der Waals surface area contributed by atoms with Crippen LogP contribution in [0, 0.1) is 0 Å². The van der Waals surface area contributed by atoms with Crippen LogP contribution in [0.4, 0.5) is 0 Å². The summed E-state index contributed by atoms with van der Waals surface area (Å²) < 4.78 is 0. The van der Waals surface area contributed by atoms with Gasteiger partial charge in [-0.25, -0.2) is 0 Å². The van der Waals surface area contributed by atoms with E-state index in [2.05, 4.69) is 5.32 Å². The van der Waals surface area contributed by atoms with Crippen LogP contribution in [-0.4, -0.2) is 11.8 Å². The number of hydrogen-bond acceptors (Lipinski definition) is 1. The molecule has 0 saturated heterocycles. The molecule has 0 fully saturated rings. The van der Waals surface area contributed by atoms with Gasteiger partial charge in [0.25, 0.3) is 0 Å². The Morgan fingerprint density at radius 1 is 1.43 bits per heavy atom. The van der Waals surface area contributed by atoms with Crippen LogP contribution < -0.4 is 5.32 Å². The average molecular weight is 212 g/mol. The highest BCUT2D eigenvalue weighted by atomic mass is 35.5. The van der Waals surface area contributed by atoms with Crippen molar-refractivity contribution >= 4 is 17.5 Å². The highest BCUT2D eigenvalue weighted by Crippen LogP contribution is 2.10. The number of halogens is 1. The van der Waals surface area contributed by atoms with E-state index in [-0.39, 0.29) is 11.9 Å². The number of rotatable bonds is 4. The number of amides is 1. The highest BCUT2D eigenvalue weighted by Gasteiger charge is 2.07. The fraction of sp³-hybridized carbons (Fsp3) is 0.364. The molecule has 0 bridgehead atoms. The normalized spacial score (nSPS) is 12.1. The number of hydrogen-bond donors (Lipinski definition) is 1. The Hall–Kier alpha value is -1.02. The minimum Gasteiger partial charge on any atom is -0.350 e. The molecule has 0 aliphatic rings. The maximum Gasteiger partial charge on any atom is 0.221 e. The third-order valence-corrected chi connectivity index (χ3v) is 2.19. The van der Waals surface area contributed by atoms with Gasteiger partial charge in [0.2, 0.25) is 5.91 Å². The van der Waals surface area contributed by atoms with Crippen molar-refractivity contribution in [2.75, 3.05) is 5.88 Å². The predicted octanol–water partition coefficient (Wildman–Crippen LogP) is 2.49. The van der Waals surface area contributed by atoms with Gasteiger partial charge in [-0.3, -0.25) is 4.79 Å². The van der Waals surface area contributed by atoms with Crippen molar-refractivity contribution in [2.24, 2.45) is 0 Å². The van der Waals surface area contributed by atoms with Gasteiger partial charge in [-0.2, -0.15) is 0 Å². The van der Waals surface area contributed by atoms with Crippen LogP contribution in [0.3, 0.4) is 0 Å². The second kappa shape index (κ2) is 5.66. The monoisotopic (exact) mass is 211 g/mol. The van der Waals surface area contributed by atoms with Crippen LogP contribution >= 0.6 is 11.6 Å². The molecule has 1 N–H and O–H groups in total. The van der Waals surface area contributed by atoms with Crippen molar-refractivity contribution < 1.29 is 4.79 Å². The quantitative estimate of drug-likeness (QED) is 0.762. The van der Waals surface area contributed by atoms with Crippen LogP contribution in [0.15, 0.2) is 30.3 Å². The Bertz CT molecular complexity index is 287. The zero-order valence-corrected chi connectivity index (χ0v) is 8.92. The molecular formula is C11H14ClNO. The van der Waals surface area contributed by atoms with Gasteiger partial charge in [0, 0.05) is 12.3 Å². The highest BCUT2D eigenvalue weighted by molar-refractivity contribution is 6.18. The molecule has 2 nitrogen and oxygen atoms in total. The van der Waals surface area contributed by atoms with E-state index in [1.165, 1.54) is 0 Å². The summed E-state index contributed by atoms with van der Waals surface area (Å²) in [7, 11) is 0. The lowest BCUT2D eigenvalue weighted by Crippen LogP contribution is -2.26. The second-order valence-corrected chi connectivity index (χ2v) is 3.52. The molecule has 1 unspecified atom stereocenters. The minimum absolute atomic E-state index is 0.00338. The summed E-state index contributed by atoms with van der Waals surface area (Å²) in [5, 5.41) is 2.87. The lowest BCUT2D eigenvalue weighted by molar-refractivity contribution is -0.121. The molecule has 76 valence electrons. The molecular weight excluding hydrogens is 198 g/mol. The summed E-state index contributed by atoms with van der Waals surface area (Å²) >= 11 is 5.47. The molecule has 0 radical (unpaired) electrons. The number of carbonyl (C=O) groups is 1. The number of benzene rings is 1.